The minimum atomic E-state index is -1.02. The highest BCUT2D eigenvalue weighted by Crippen LogP contribution is 2.12. The van der Waals surface area contributed by atoms with Crippen molar-refractivity contribution in [3.63, 3.8) is 0 Å². The number of carboxylic acid groups (broad SMARTS) is 1. The highest BCUT2D eigenvalue weighted by molar-refractivity contribution is 8.03. The maximum atomic E-state index is 10.4. The van der Waals surface area contributed by atoms with Gasteiger partial charge < -0.3 is 5.11 Å². The number of nitrogens with zero attached hydrogens (tertiary/aromatic N) is 2. The Labute approximate surface area is 72.9 Å². The maximum Gasteiger partial charge on any atom is 0.337 e. The van der Waals surface area contributed by atoms with E-state index in [1.165, 1.54) is 18.3 Å². The van der Waals surface area contributed by atoms with Gasteiger partial charge in [0.05, 0.1) is 5.56 Å². The lowest BCUT2D eigenvalue weighted by atomic mass is 10.3. The summed E-state index contributed by atoms with van der Waals surface area (Å²) >= 11 is 0.897. The summed E-state index contributed by atoms with van der Waals surface area (Å²) in [5.74, 6) is -1.02. The Morgan fingerprint density at radius 3 is 2.83 bits per heavy atom. The smallest absolute Gasteiger partial charge is 0.337 e. The van der Waals surface area contributed by atoms with E-state index in [4.69, 9.17) is 10.4 Å². The third-order valence-electron chi connectivity index (χ3n) is 1.13. The molecule has 0 spiro atoms. The molecule has 0 aliphatic carbocycles. The van der Waals surface area contributed by atoms with E-state index in [9.17, 15) is 4.79 Å². The molecule has 0 radical (unpaired) electrons. The number of thiocyanates is 1. The lowest BCUT2D eigenvalue weighted by Crippen LogP contribution is -1.96. The number of aromatic nitrogens is 1. The van der Waals surface area contributed by atoms with Gasteiger partial charge in [-0.05, 0) is 12.1 Å². The van der Waals surface area contributed by atoms with Crippen LogP contribution in [0.5, 0.6) is 0 Å². The van der Waals surface area contributed by atoms with E-state index >= 15 is 0 Å². The molecule has 0 aromatic carbocycles. The lowest BCUT2D eigenvalue weighted by Gasteiger charge is -1.93. The Hall–Kier alpha value is -1.54. The molecule has 5 heteroatoms. The Balaban J connectivity index is 2.87. The summed E-state index contributed by atoms with van der Waals surface area (Å²) in [5, 5.41) is 19.1. The molecule has 1 heterocycles. The van der Waals surface area contributed by atoms with Crippen LogP contribution in [0, 0.1) is 10.7 Å². The summed E-state index contributed by atoms with van der Waals surface area (Å²) in [6.07, 6.45) is 1.22. The number of hydrogen-bond acceptors (Lipinski definition) is 4. The Bertz CT molecular complexity index is 328. The molecule has 1 aromatic heterocycles. The number of pyridine rings is 1. The first-order valence-electron chi connectivity index (χ1n) is 2.99. The molecule has 1 aromatic rings. The van der Waals surface area contributed by atoms with Crippen LogP contribution in [-0.2, 0) is 0 Å². The number of aromatic carboxylic acids is 1. The van der Waals surface area contributed by atoms with Crippen molar-refractivity contribution in [3.8, 4) is 5.40 Å². The SMILES string of the molecule is N#CSc1ccc(C(=O)O)cn1. The molecule has 0 unspecified atom stereocenters. The number of hydrogen-bond donors (Lipinski definition) is 1. The van der Waals surface area contributed by atoms with Crippen molar-refractivity contribution >= 4 is 17.7 Å². The Kier molecular flexibility index (Phi) is 2.66. The third-order valence-corrected chi connectivity index (χ3v) is 1.68. The molecule has 0 fully saturated rings. The number of nitriles is 1. The van der Waals surface area contributed by atoms with Gasteiger partial charge in [-0.1, -0.05) is 0 Å². The molecule has 1 N–H and O–H groups in total. The van der Waals surface area contributed by atoms with Crippen molar-refractivity contribution < 1.29 is 9.90 Å². The van der Waals surface area contributed by atoms with Gasteiger partial charge in [-0.2, -0.15) is 5.26 Å². The average Bonchev–Trinajstić information content (AvgIpc) is 2.06. The van der Waals surface area contributed by atoms with Crippen LogP contribution in [0.25, 0.3) is 0 Å². The fourth-order valence-corrected chi connectivity index (χ4v) is 0.949. The van der Waals surface area contributed by atoms with Crippen LogP contribution in [0.1, 0.15) is 10.4 Å². The van der Waals surface area contributed by atoms with Gasteiger partial charge in [0.15, 0.2) is 0 Å². The van der Waals surface area contributed by atoms with Gasteiger partial charge in [0.25, 0.3) is 0 Å². The van der Waals surface area contributed by atoms with Crippen LogP contribution in [0.3, 0.4) is 0 Å². The summed E-state index contributed by atoms with van der Waals surface area (Å²) in [4.78, 5) is 14.1. The molecule has 0 saturated carbocycles. The number of carbonyl (C=O) groups is 1. The van der Waals surface area contributed by atoms with Crippen LogP contribution >= 0.6 is 11.8 Å². The summed E-state index contributed by atoms with van der Waals surface area (Å²) in [5.41, 5.74) is 0.122. The number of rotatable bonds is 2. The Morgan fingerprint density at radius 2 is 2.42 bits per heavy atom. The molecule has 0 saturated heterocycles. The zero-order chi connectivity index (χ0) is 8.97. The predicted molar refractivity (Wildman–Crippen MR) is 42.7 cm³/mol. The normalized spacial score (nSPS) is 8.92. The van der Waals surface area contributed by atoms with Gasteiger partial charge in [0.2, 0.25) is 0 Å². The van der Waals surface area contributed by atoms with Crippen LogP contribution < -0.4 is 0 Å². The van der Waals surface area contributed by atoms with E-state index in [-0.39, 0.29) is 5.56 Å². The number of thioether (sulfide) groups is 1. The van der Waals surface area contributed by atoms with Gasteiger partial charge >= 0.3 is 5.97 Å². The summed E-state index contributed by atoms with van der Waals surface area (Å²) in [6.45, 7) is 0. The molecule has 1 rings (SSSR count). The minimum Gasteiger partial charge on any atom is -0.478 e. The molecule has 60 valence electrons. The van der Waals surface area contributed by atoms with E-state index in [0.29, 0.717) is 5.03 Å². The standard InChI is InChI=1S/C7H4N2O2S/c8-4-12-6-2-1-5(3-9-6)7(10)11/h1-3H,(H,10,11). The monoisotopic (exact) mass is 180 g/mol. The number of carboxylic acids is 1. The van der Waals surface area contributed by atoms with Gasteiger partial charge in [0.1, 0.15) is 10.4 Å². The van der Waals surface area contributed by atoms with E-state index in [1.54, 1.807) is 0 Å². The quantitative estimate of drug-likeness (QED) is 0.549. The molecule has 0 aliphatic heterocycles. The van der Waals surface area contributed by atoms with Crippen LogP contribution in [-0.4, -0.2) is 16.1 Å². The first kappa shape index (κ1) is 8.56. The van der Waals surface area contributed by atoms with Crippen LogP contribution in [0.2, 0.25) is 0 Å². The van der Waals surface area contributed by atoms with E-state index in [2.05, 4.69) is 4.98 Å². The highest BCUT2D eigenvalue weighted by atomic mass is 32.2. The van der Waals surface area contributed by atoms with Crippen LogP contribution in [0.4, 0.5) is 0 Å². The van der Waals surface area contributed by atoms with Crippen molar-refractivity contribution in [2.45, 2.75) is 5.03 Å². The fraction of sp³-hybridized carbons (Fsp3) is 0. The second-order valence-corrected chi connectivity index (χ2v) is 2.69. The van der Waals surface area contributed by atoms with E-state index in [1.807, 2.05) is 5.40 Å². The lowest BCUT2D eigenvalue weighted by molar-refractivity contribution is 0.0696. The van der Waals surface area contributed by atoms with Gasteiger partial charge in [-0.25, -0.2) is 9.78 Å². The largest absolute Gasteiger partial charge is 0.478 e. The zero-order valence-electron chi connectivity index (χ0n) is 5.89. The van der Waals surface area contributed by atoms with Crippen molar-refractivity contribution in [3.05, 3.63) is 23.9 Å². The molecular weight excluding hydrogens is 176 g/mol. The Morgan fingerprint density at radius 1 is 1.67 bits per heavy atom. The second-order valence-electron chi connectivity index (χ2n) is 1.88. The van der Waals surface area contributed by atoms with E-state index in [0.717, 1.165) is 11.8 Å². The molecule has 0 amide bonds. The van der Waals surface area contributed by atoms with Crippen molar-refractivity contribution in [1.82, 2.24) is 4.98 Å². The third kappa shape index (κ3) is 1.97. The average molecular weight is 180 g/mol. The topological polar surface area (TPSA) is 74.0 Å². The molecule has 0 atom stereocenters. The second kappa shape index (κ2) is 3.74. The van der Waals surface area contributed by atoms with Crippen molar-refractivity contribution in [2.75, 3.05) is 0 Å². The molecule has 12 heavy (non-hydrogen) atoms. The van der Waals surface area contributed by atoms with Gasteiger partial charge in [-0.15, -0.1) is 0 Å². The minimum absolute atomic E-state index is 0.122. The zero-order valence-corrected chi connectivity index (χ0v) is 6.71. The van der Waals surface area contributed by atoms with Crippen molar-refractivity contribution in [1.29, 1.82) is 5.26 Å². The van der Waals surface area contributed by atoms with Gasteiger partial charge in [-0.3, -0.25) is 0 Å². The first-order chi connectivity index (χ1) is 5.74. The summed E-state index contributed by atoms with van der Waals surface area (Å²) in [7, 11) is 0. The predicted octanol–water partition coefficient (Wildman–Crippen LogP) is 1.35. The molecule has 4 nitrogen and oxygen atoms in total. The van der Waals surface area contributed by atoms with E-state index < -0.39 is 5.97 Å². The molecule has 0 bridgehead atoms. The first-order valence-corrected chi connectivity index (χ1v) is 3.81. The van der Waals surface area contributed by atoms with Gasteiger partial charge in [0, 0.05) is 18.0 Å². The molecular formula is C7H4N2O2S. The highest BCUT2D eigenvalue weighted by Gasteiger charge is 2.02. The molecule has 0 aliphatic rings. The van der Waals surface area contributed by atoms with Crippen molar-refractivity contribution in [2.24, 2.45) is 0 Å². The summed E-state index contributed by atoms with van der Waals surface area (Å²) in [6, 6.07) is 2.91. The maximum absolute atomic E-state index is 10.4. The summed E-state index contributed by atoms with van der Waals surface area (Å²) < 4.78 is 0. The van der Waals surface area contributed by atoms with Crippen LogP contribution in [0.15, 0.2) is 23.4 Å². The fourth-order valence-electron chi connectivity index (χ4n) is 0.614.